The van der Waals surface area contributed by atoms with E-state index >= 15 is 0 Å². The van der Waals surface area contributed by atoms with Crippen LogP contribution in [0.3, 0.4) is 0 Å². The number of esters is 1. The molecule has 0 aliphatic rings. The second-order valence-electron chi connectivity index (χ2n) is 4.98. The van der Waals surface area contributed by atoms with Crippen LogP contribution in [0.1, 0.15) is 29.6 Å². The number of aromatic nitrogens is 1. The average molecular weight is 311 g/mol. The molecule has 2 aromatic rings. The molecular formula is C17H17N3O3. The first kappa shape index (κ1) is 16.4. The molecule has 0 saturated heterocycles. The van der Waals surface area contributed by atoms with Crippen molar-refractivity contribution in [3.63, 3.8) is 0 Å². The minimum absolute atomic E-state index is 0.319. The van der Waals surface area contributed by atoms with Gasteiger partial charge in [-0.2, -0.15) is 5.26 Å². The van der Waals surface area contributed by atoms with Crippen LogP contribution in [0.5, 0.6) is 0 Å². The summed E-state index contributed by atoms with van der Waals surface area (Å²) in [5.74, 6) is -0.911. The van der Waals surface area contributed by atoms with Crippen LogP contribution in [0, 0.1) is 11.3 Å². The SMILES string of the molecule is COC(=O)[C@H](CCCC#N)NC(=O)c1cccc2cccnc12. The molecule has 1 aromatic carbocycles. The Morgan fingerprint density at radius 1 is 1.35 bits per heavy atom. The molecule has 1 heterocycles. The number of rotatable bonds is 6. The van der Waals surface area contributed by atoms with Crippen molar-refractivity contribution in [1.82, 2.24) is 10.3 Å². The van der Waals surface area contributed by atoms with Gasteiger partial charge >= 0.3 is 5.97 Å². The van der Waals surface area contributed by atoms with Gasteiger partial charge in [0, 0.05) is 18.0 Å². The number of nitrogens with zero attached hydrogens (tertiary/aromatic N) is 2. The van der Waals surface area contributed by atoms with Gasteiger partial charge in [-0.3, -0.25) is 9.78 Å². The Labute approximate surface area is 134 Å². The van der Waals surface area contributed by atoms with E-state index in [1.807, 2.05) is 18.2 Å². The van der Waals surface area contributed by atoms with Crippen molar-refractivity contribution < 1.29 is 14.3 Å². The number of amides is 1. The van der Waals surface area contributed by atoms with Crippen molar-refractivity contribution in [2.24, 2.45) is 0 Å². The number of carbonyl (C=O) groups excluding carboxylic acids is 2. The lowest BCUT2D eigenvalue weighted by Gasteiger charge is -2.16. The lowest BCUT2D eigenvalue weighted by molar-refractivity contribution is -0.143. The van der Waals surface area contributed by atoms with Gasteiger partial charge < -0.3 is 10.1 Å². The molecule has 0 bridgehead atoms. The first-order valence-corrected chi connectivity index (χ1v) is 7.26. The summed E-state index contributed by atoms with van der Waals surface area (Å²) >= 11 is 0. The van der Waals surface area contributed by atoms with Crippen molar-refractivity contribution in [1.29, 1.82) is 5.26 Å². The fourth-order valence-corrected chi connectivity index (χ4v) is 2.30. The molecule has 23 heavy (non-hydrogen) atoms. The molecule has 1 atom stereocenters. The van der Waals surface area contributed by atoms with Gasteiger partial charge in [-0.05, 0) is 25.0 Å². The number of fused-ring (bicyclic) bond motifs is 1. The van der Waals surface area contributed by atoms with Crippen LogP contribution >= 0.6 is 0 Å². The number of hydrogen-bond acceptors (Lipinski definition) is 5. The molecule has 118 valence electrons. The predicted octanol–water partition coefficient (Wildman–Crippen LogP) is 2.20. The van der Waals surface area contributed by atoms with E-state index in [0.29, 0.717) is 30.3 Å². The van der Waals surface area contributed by atoms with E-state index in [4.69, 9.17) is 10.00 Å². The Balaban J connectivity index is 2.20. The molecule has 1 aromatic heterocycles. The van der Waals surface area contributed by atoms with Crippen LogP contribution in [0.4, 0.5) is 0 Å². The minimum Gasteiger partial charge on any atom is -0.467 e. The van der Waals surface area contributed by atoms with Gasteiger partial charge in [-0.25, -0.2) is 4.79 Å². The van der Waals surface area contributed by atoms with Crippen molar-refractivity contribution in [2.45, 2.75) is 25.3 Å². The third kappa shape index (κ3) is 4.04. The lowest BCUT2D eigenvalue weighted by Crippen LogP contribution is -2.41. The number of nitrogens with one attached hydrogen (secondary N) is 1. The van der Waals surface area contributed by atoms with Crippen LogP contribution in [-0.2, 0) is 9.53 Å². The van der Waals surface area contributed by atoms with Crippen LogP contribution in [0.15, 0.2) is 36.5 Å². The molecule has 6 heteroatoms. The number of unbranched alkanes of at least 4 members (excludes halogenated alkanes) is 1. The van der Waals surface area contributed by atoms with Crippen molar-refractivity contribution in [3.8, 4) is 6.07 Å². The van der Waals surface area contributed by atoms with Crippen LogP contribution < -0.4 is 5.32 Å². The highest BCUT2D eigenvalue weighted by Gasteiger charge is 2.22. The number of carbonyl (C=O) groups is 2. The first-order valence-electron chi connectivity index (χ1n) is 7.26. The second-order valence-corrected chi connectivity index (χ2v) is 4.98. The predicted molar refractivity (Wildman–Crippen MR) is 84.5 cm³/mol. The quantitative estimate of drug-likeness (QED) is 0.652. The van der Waals surface area contributed by atoms with E-state index in [1.54, 1.807) is 24.4 Å². The Hall–Kier alpha value is -2.94. The molecule has 1 N–H and O–H groups in total. The zero-order valence-corrected chi connectivity index (χ0v) is 12.8. The number of ether oxygens (including phenoxy) is 1. The maximum absolute atomic E-state index is 12.5. The summed E-state index contributed by atoms with van der Waals surface area (Å²) in [4.78, 5) is 28.5. The van der Waals surface area contributed by atoms with Gasteiger partial charge in [-0.1, -0.05) is 18.2 Å². The van der Waals surface area contributed by atoms with Gasteiger partial charge in [0.2, 0.25) is 0 Å². The minimum atomic E-state index is -0.778. The molecule has 0 unspecified atom stereocenters. The number of nitriles is 1. The maximum atomic E-state index is 12.5. The zero-order chi connectivity index (χ0) is 16.7. The smallest absolute Gasteiger partial charge is 0.328 e. The van der Waals surface area contributed by atoms with Crippen LogP contribution in [0.2, 0.25) is 0 Å². The molecule has 6 nitrogen and oxygen atoms in total. The highest BCUT2D eigenvalue weighted by molar-refractivity contribution is 6.06. The van der Waals surface area contributed by atoms with Crippen molar-refractivity contribution in [2.75, 3.05) is 7.11 Å². The summed E-state index contributed by atoms with van der Waals surface area (Å²) in [7, 11) is 1.27. The molecule has 1 amide bonds. The largest absolute Gasteiger partial charge is 0.467 e. The lowest BCUT2D eigenvalue weighted by atomic mass is 10.1. The van der Waals surface area contributed by atoms with Crippen molar-refractivity contribution >= 4 is 22.8 Å². The molecule has 0 spiro atoms. The molecule has 0 radical (unpaired) electrons. The van der Waals surface area contributed by atoms with E-state index in [2.05, 4.69) is 10.3 Å². The third-order valence-electron chi connectivity index (χ3n) is 3.45. The number of benzene rings is 1. The number of methoxy groups -OCH3 is 1. The van der Waals surface area contributed by atoms with E-state index in [0.717, 1.165) is 5.39 Å². The van der Waals surface area contributed by atoms with E-state index < -0.39 is 12.0 Å². The molecule has 0 fully saturated rings. The first-order chi connectivity index (χ1) is 11.2. The average Bonchev–Trinajstić information content (AvgIpc) is 2.59. The van der Waals surface area contributed by atoms with Gasteiger partial charge in [0.05, 0.1) is 24.3 Å². The van der Waals surface area contributed by atoms with Gasteiger partial charge in [0.25, 0.3) is 5.91 Å². The summed E-state index contributed by atoms with van der Waals surface area (Å²) in [6.07, 6.45) is 2.79. The van der Waals surface area contributed by atoms with Gasteiger partial charge in [0.15, 0.2) is 0 Å². The summed E-state index contributed by atoms with van der Waals surface area (Å²) in [5, 5.41) is 12.1. The summed E-state index contributed by atoms with van der Waals surface area (Å²) in [6.45, 7) is 0. The topological polar surface area (TPSA) is 92.1 Å². The summed E-state index contributed by atoms with van der Waals surface area (Å²) in [5.41, 5.74) is 0.977. The highest BCUT2D eigenvalue weighted by atomic mass is 16.5. The molecule has 0 saturated carbocycles. The molecule has 2 rings (SSSR count). The van der Waals surface area contributed by atoms with E-state index in [9.17, 15) is 9.59 Å². The fourth-order valence-electron chi connectivity index (χ4n) is 2.30. The third-order valence-corrected chi connectivity index (χ3v) is 3.45. The molecular weight excluding hydrogens is 294 g/mol. The van der Waals surface area contributed by atoms with Gasteiger partial charge in [0.1, 0.15) is 6.04 Å². The van der Waals surface area contributed by atoms with E-state index in [-0.39, 0.29) is 5.91 Å². The fraction of sp³-hybridized carbons (Fsp3) is 0.294. The van der Waals surface area contributed by atoms with E-state index in [1.165, 1.54) is 7.11 Å². The molecule has 0 aliphatic heterocycles. The maximum Gasteiger partial charge on any atom is 0.328 e. The van der Waals surface area contributed by atoms with Gasteiger partial charge in [-0.15, -0.1) is 0 Å². The van der Waals surface area contributed by atoms with Crippen LogP contribution in [0.25, 0.3) is 10.9 Å². The molecule has 0 aliphatic carbocycles. The monoisotopic (exact) mass is 311 g/mol. The highest BCUT2D eigenvalue weighted by Crippen LogP contribution is 2.16. The Morgan fingerprint density at radius 3 is 2.87 bits per heavy atom. The van der Waals surface area contributed by atoms with Crippen molar-refractivity contribution in [3.05, 3.63) is 42.1 Å². The summed E-state index contributed by atoms with van der Waals surface area (Å²) in [6, 6.07) is 10.2. The second kappa shape index (κ2) is 7.90. The summed E-state index contributed by atoms with van der Waals surface area (Å²) < 4.78 is 4.72. The Bertz CT molecular complexity index is 747. The number of para-hydroxylation sites is 1. The zero-order valence-electron chi connectivity index (χ0n) is 12.8. The Morgan fingerprint density at radius 2 is 2.13 bits per heavy atom. The number of hydrogen-bond donors (Lipinski definition) is 1. The Kier molecular flexibility index (Phi) is 5.64. The van der Waals surface area contributed by atoms with Crippen LogP contribution in [-0.4, -0.2) is 30.0 Å². The standard InChI is InChI=1S/C17H17N3O3/c1-23-17(22)14(9-2-3-10-18)20-16(21)13-8-4-6-12-7-5-11-19-15(12)13/h4-8,11,14H,2-3,9H2,1H3,(H,20,21)/t14-/m0/s1. The number of pyridine rings is 1. The normalized spacial score (nSPS) is 11.5.